The van der Waals surface area contributed by atoms with E-state index >= 15 is 0 Å². The number of alkyl halides is 1. The molecule has 3 heteroatoms. The minimum atomic E-state index is 0.00352. The number of halogens is 1. The van der Waals surface area contributed by atoms with Gasteiger partial charge in [-0.2, -0.15) is 0 Å². The van der Waals surface area contributed by atoms with Crippen molar-refractivity contribution in [3.05, 3.63) is 29.8 Å². The summed E-state index contributed by atoms with van der Waals surface area (Å²) in [6, 6.07) is 8.06. The van der Waals surface area contributed by atoms with Gasteiger partial charge in [0.1, 0.15) is 0 Å². The Bertz CT molecular complexity index is 347. The average Bonchev–Trinajstić information content (AvgIpc) is 2.50. The Kier molecular flexibility index (Phi) is 2.59. The molecule has 1 saturated heterocycles. The van der Waals surface area contributed by atoms with Crippen LogP contribution in [0.5, 0.6) is 0 Å². The molecule has 14 heavy (non-hydrogen) atoms. The molecule has 1 aliphatic rings. The summed E-state index contributed by atoms with van der Waals surface area (Å²) in [6.07, 6.45) is 0.896. The van der Waals surface area contributed by atoms with Gasteiger partial charge in [-0.15, -0.1) is 0 Å². The number of hydrogen-bond acceptors (Lipinski definition) is 1. The van der Waals surface area contributed by atoms with Gasteiger partial charge in [-0.05, 0) is 25.5 Å². The van der Waals surface area contributed by atoms with Crippen LogP contribution in [0, 0.1) is 6.92 Å². The van der Waals surface area contributed by atoms with Gasteiger partial charge in [-0.1, -0.05) is 33.6 Å². The second-order valence-electron chi connectivity index (χ2n) is 3.58. The Morgan fingerprint density at radius 1 is 1.36 bits per heavy atom. The summed E-state index contributed by atoms with van der Waals surface area (Å²) in [5.41, 5.74) is 2.22. The van der Waals surface area contributed by atoms with Crippen molar-refractivity contribution in [2.24, 2.45) is 0 Å². The van der Waals surface area contributed by atoms with E-state index in [4.69, 9.17) is 0 Å². The molecule has 2 rings (SSSR count). The van der Waals surface area contributed by atoms with Gasteiger partial charge in [0, 0.05) is 12.2 Å². The topological polar surface area (TPSA) is 20.3 Å². The molecule has 0 aromatic heterocycles. The Balaban J connectivity index is 2.24. The zero-order chi connectivity index (χ0) is 10.1. The lowest BCUT2D eigenvalue weighted by atomic mass is 10.2. The van der Waals surface area contributed by atoms with Gasteiger partial charge in [-0.3, -0.25) is 4.79 Å². The van der Waals surface area contributed by atoms with Crippen LogP contribution >= 0.6 is 15.9 Å². The van der Waals surface area contributed by atoms with Crippen molar-refractivity contribution in [3.63, 3.8) is 0 Å². The molecule has 2 nitrogen and oxygen atoms in total. The van der Waals surface area contributed by atoms with Gasteiger partial charge in [-0.25, -0.2) is 0 Å². The Hall–Kier alpha value is -0.830. The van der Waals surface area contributed by atoms with Crippen molar-refractivity contribution in [1.29, 1.82) is 0 Å². The summed E-state index contributed by atoms with van der Waals surface area (Å²) >= 11 is 3.36. The summed E-state index contributed by atoms with van der Waals surface area (Å²) in [5.74, 6) is 0.175. The standard InChI is InChI=1S/C11H12BrNO/c1-8-2-4-9(5-3-8)13-7-6-10(12)11(13)14/h2-5,10H,6-7H2,1H3. The number of anilines is 1. The maximum atomic E-state index is 11.7. The van der Waals surface area contributed by atoms with Gasteiger partial charge >= 0.3 is 0 Å². The van der Waals surface area contributed by atoms with E-state index in [1.165, 1.54) is 5.56 Å². The third-order valence-electron chi connectivity index (χ3n) is 2.49. The van der Waals surface area contributed by atoms with E-state index in [0.717, 1.165) is 18.7 Å². The number of hydrogen-bond donors (Lipinski definition) is 0. The molecule has 1 atom stereocenters. The van der Waals surface area contributed by atoms with Crippen molar-refractivity contribution in [2.75, 3.05) is 11.4 Å². The van der Waals surface area contributed by atoms with Crippen molar-refractivity contribution < 1.29 is 4.79 Å². The smallest absolute Gasteiger partial charge is 0.240 e. The van der Waals surface area contributed by atoms with E-state index in [9.17, 15) is 4.79 Å². The van der Waals surface area contributed by atoms with Crippen LogP contribution in [-0.4, -0.2) is 17.3 Å². The SMILES string of the molecule is Cc1ccc(N2CCC(Br)C2=O)cc1. The van der Waals surface area contributed by atoms with E-state index in [2.05, 4.69) is 15.9 Å². The van der Waals surface area contributed by atoms with Crippen LogP contribution < -0.4 is 4.90 Å². The Morgan fingerprint density at radius 3 is 2.50 bits per heavy atom. The number of amides is 1. The van der Waals surface area contributed by atoms with Gasteiger partial charge in [0.25, 0.3) is 0 Å². The Morgan fingerprint density at radius 2 is 2.00 bits per heavy atom. The van der Waals surface area contributed by atoms with Gasteiger partial charge in [0.15, 0.2) is 0 Å². The van der Waals surface area contributed by atoms with E-state index in [-0.39, 0.29) is 10.7 Å². The summed E-state index contributed by atoms with van der Waals surface area (Å²) in [6.45, 7) is 2.86. The molecule has 1 heterocycles. The predicted molar refractivity (Wildman–Crippen MR) is 60.9 cm³/mol. The zero-order valence-electron chi connectivity index (χ0n) is 8.03. The second kappa shape index (κ2) is 3.73. The number of aryl methyl sites for hydroxylation is 1. The molecular formula is C11H12BrNO. The van der Waals surface area contributed by atoms with Crippen LogP contribution in [0.3, 0.4) is 0 Å². The minimum Gasteiger partial charge on any atom is -0.311 e. The molecule has 0 N–H and O–H groups in total. The van der Waals surface area contributed by atoms with E-state index in [1.54, 1.807) is 0 Å². The average molecular weight is 254 g/mol. The highest BCUT2D eigenvalue weighted by Crippen LogP contribution is 2.25. The molecule has 74 valence electrons. The summed E-state index contributed by atoms with van der Waals surface area (Å²) in [5, 5.41) is 0. The number of carbonyl (C=O) groups excluding carboxylic acids is 1. The van der Waals surface area contributed by atoms with Crippen LogP contribution in [0.15, 0.2) is 24.3 Å². The first-order chi connectivity index (χ1) is 6.68. The number of carbonyl (C=O) groups is 1. The molecular weight excluding hydrogens is 242 g/mol. The van der Waals surface area contributed by atoms with Crippen molar-refractivity contribution in [2.45, 2.75) is 18.2 Å². The van der Waals surface area contributed by atoms with Crippen LogP contribution in [0.4, 0.5) is 5.69 Å². The lowest BCUT2D eigenvalue weighted by Crippen LogP contribution is -2.26. The highest BCUT2D eigenvalue weighted by atomic mass is 79.9. The fraction of sp³-hybridized carbons (Fsp3) is 0.364. The van der Waals surface area contributed by atoms with E-state index < -0.39 is 0 Å². The van der Waals surface area contributed by atoms with Crippen LogP contribution in [0.1, 0.15) is 12.0 Å². The third kappa shape index (κ3) is 1.69. The van der Waals surface area contributed by atoms with Crippen molar-refractivity contribution in [1.82, 2.24) is 0 Å². The highest BCUT2D eigenvalue weighted by Gasteiger charge is 2.30. The number of benzene rings is 1. The molecule has 0 spiro atoms. The molecule has 0 aliphatic carbocycles. The largest absolute Gasteiger partial charge is 0.311 e. The summed E-state index contributed by atoms with van der Waals surface area (Å²) < 4.78 is 0. The summed E-state index contributed by atoms with van der Waals surface area (Å²) in [4.78, 5) is 13.5. The Labute approximate surface area is 92.0 Å². The maximum absolute atomic E-state index is 11.7. The third-order valence-corrected chi connectivity index (χ3v) is 3.34. The lowest BCUT2D eigenvalue weighted by Gasteiger charge is -2.15. The van der Waals surface area contributed by atoms with Gasteiger partial charge < -0.3 is 4.90 Å². The van der Waals surface area contributed by atoms with E-state index in [1.807, 2.05) is 36.1 Å². The number of rotatable bonds is 1. The molecule has 0 radical (unpaired) electrons. The first kappa shape index (κ1) is 9.71. The van der Waals surface area contributed by atoms with Crippen molar-refractivity contribution >= 4 is 27.5 Å². The lowest BCUT2D eigenvalue weighted by molar-refractivity contribution is -0.116. The molecule has 1 aromatic rings. The van der Waals surface area contributed by atoms with Crippen LogP contribution in [-0.2, 0) is 4.79 Å². The van der Waals surface area contributed by atoms with Gasteiger partial charge in [0.2, 0.25) is 5.91 Å². The second-order valence-corrected chi connectivity index (χ2v) is 4.69. The molecule has 1 amide bonds. The monoisotopic (exact) mass is 253 g/mol. The fourth-order valence-electron chi connectivity index (χ4n) is 1.63. The van der Waals surface area contributed by atoms with Gasteiger partial charge in [0.05, 0.1) is 4.83 Å². The first-order valence-electron chi connectivity index (χ1n) is 4.70. The quantitative estimate of drug-likeness (QED) is 0.705. The zero-order valence-corrected chi connectivity index (χ0v) is 9.62. The molecule has 1 unspecified atom stereocenters. The summed E-state index contributed by atoms with van der Waals surface area (Å²) in [7, 11) is 0. The molecule has 0 bridgehead atoms. The van der Waals surface area contributed by atoms with Crippen LogP contribution in [0.25, 0.3) is 0 Å². The molecule has 1 fully saturated rings. The molecule has 0 saturated carbocycles. The minimum absolute atomic E-state index is 0.00352. The predicted octanol–water partition coefficient (Wildman–Crippen LogP) is 2.50. The van der Waals surface area contributed by atoms with Crippen LogP contribution in [0.2, 0.25) is 0 Å². The fourth-order valence-corrected chi connectivity index (χ4v) is 2.08. The first-order valence-corrected chi connectivity index (χ1v) is 5.62. The normalized spacial score (nSPS) is 21.7. The highest BCUT2D eigenvalue weighted by molar-refractivity contribution is 9.10. The van der Waals surface area contributed by atoms with E-state index in [0.29, 0.717) is 0 Å². The maximum Gasteiger partial charge on any atom is 0.240 e. The number of nitrogens with zero attached hydrogens (tertiary/aromatic N) is 1. The molecule has 1 aromatic carbocycles. The van der Waals surface area contributed by atoms with Crippen molar-refractivity contribution in [3.8, 4) is 0 Å². The molecule has 1 aliphatic heterocycles.